The minimum absolute atomic E-state index is 0.569. The summed E-state index contributed by atoms with van der Waals surface area (Å²) >= 11 is 0. The minimum atomic E-state index is 0.569. The van der Waals surface area contributed by atoms with E-state index in [1.165, 1.54) is 33.6 Å². The average molecular weight is 485 g/mol. The number of pyridine rings is 1. The Morgan fingerprint density at radius 1 is 0.432 bits per heavy atom. The van der Waals surface area contributed by atoms with Crippen molar-refractivity contribution in [2.75, 3.05) is 0 Å². The molecule has 0 aliphatic rings. The van der Waals surface area contributed by atoms with Crippen LogP contribution in [0, 0.1) is 0 Å². The molecule has 0 saturated heterocycles. The second-order valence-electron chi connectivity index (χ2n) is 9.49. The normalized spacial score (nSPS) is 10.8. The van der Waals surface area contributed by atoms with Crippen LogP contribution in [-0.4, -0.2) is 0 Å². The molecule has 5 rings (SSSR count). The second kappa shape index (κ2) is 12.7. The SMILES string of the molecule is c1ccc(CCc2cc(OCc3ccccc3)cc(CCc3ccccc3)[n+]2Cc2ccccc2)cc1. The quantitative estimate of drug-likeness (QED) is 0.181. The van der Waals surface area contributed by atoms with E-state index in [2.05, 4.69) is 132 Å². The molecule has 0 unspecified atom stereocenters. The first-order valence-electron chi connectivity index (χ1n) is 13.2. The van der Waals surface area contributed by atoms with Crippen LogP contribution in [0.3, 0.4) is 0 Å². The molecule has 0 aliphatic carbocycles. The number of rotatable bonds is 11. The summed E-state index contributed by atoms with van der Waals surface area (Å²) in [6.45, 7) is 1.42. The van der Waals surface area contributed by atoms with E-state index in [0.29, 0.717) is 6.61 Å². The summed E-state index contributed by atoms with van der Waals surface area (Å²) in [7, 11) is 0. The zero-order chi connectivity index (χ0) is 25.1. The van der Waals surface area contributed by atoms with E-state index in [1.54, 1.807) is 0 Å². The fourth-order valence-electron chi connectivity index (χ4n) is 4.75. The lowest BCUT2D eigenvalue weighted by Gasteiger charge is -2.14. The highest BCUT2D eigenvalue weighted by atomic mass is 16.5. The van der Waals surface area contributed by atoms with E-state index in [-0.39, 0.29) is 0 Å². The van der Waals surface area contributed by atoms with Gasteiger partial charge in [0.15, 0.2) is 17.9 Å². The van der Waals surface area contributed by atoms with Crippen molar-refractivity contribution in [2.45, 2.75) is 38.8 Å². The zero-order valence-corrected chi connectivity index (χ0v) is 21.3. The fourth-order valence-corrected chi connectivity index (χ4v) is 4.75. The van der Waals surface area contributed by atoms with Crippen LogP contribution >= 0.6 is 0 Å². The van der Waals surface area contributed by atoms with Crippen LogP contribution in [0.2, 0.25) is 0 Å². The Labute approximate surface area is 220 Å². The van der Waals surface area contributed by atoms with Gasteiger partial charge in [-0.25, -0.2) is 0 Å². The molecule has 0 spiro atoms. The van der Waals surface area contributed by atoms with Crippen molar-refractivity contribution in [3.8, 4) is 5.75 Å². The van der Waals surface area contributed by atoms with Crippen LogP contribution < -0.4 is 9.30 Å². The van der Waals surface area contributed by atoms with Crippen molar-refractivity contribution in [2.24, 2.45) is 0 Å². The first kappa shape index (κ1) is 24.5. The molecular weight excluding hydrogens is 450 g/mol. The molecule has 0 bridgehead atoms. The summed E-state index contributed by atoms with van der Waals surface area (Å²) in [4.78, 5) is 0. The van der Waals surface area contributed by atoms with E-state index in [1.807, 2.05) is 6.07 Å². The molecule has 0 atom stereocenters. The van der Waals surface area contributed by atoms with E-state index in [4.69, 9.17) is 4.74 Å². The summed E-state index contributed by atoms with van der Waals surface area (Å²) in [5, 5.41) is 0. The summed E-state index contributed by atoms with van der Waals surface area (Å²) in [5.74, 6) is 0.944. The van der Waals surface area contributed by atoms with E-state index >= 15 is 0 Å². The molecule has 4 aromatic carbocycles. The van der Waals surface area contributed by atoms with Crippen LogP contribution in [0.4, 0.5) is 0 Å². The zero-order valence-electron chi connectivity index (χ0n) is 21.3. The van der Waals surface area contributed by atoms with Crippen molar-refractivity contribution in [1.82, 2.24) is 0 Å². The van der Waals surface area contributed by atoms with Gasteiger partial charge < -0.3 is 4.74 Å². The van der Waals surface area contributed by atoms with Gasteiger partial charge >= 0.3 is 0 Å². The molecule has 2 heteroatoms. The summed E-state index contributed by atoms with van der Waals surface area (Å²) < 4.78 is 8.88. The molecule has 0 saturated carbocycles. The molecule has 0 aliphatic heterocycles. The maximum Gasteiger partial charge on any atom is 0.185 e. The molecule has 2 nitrogen and oxygen atoms in total. The lowest BCUT2D eigenvalue weighted by Crippen LogP contribution is -2.43. The Morgan fingerprint density at radius 2 is 0.838 bits per heavy atom. The third kappa shape index (κ3) is 7.17. The third-order valence-corrected chi connectivity index (χ3v) is 6.77. The molecule has 0 radical (unpaired) electrons. The van der Waals surface area contributed by atoms with Gasteiger partial charge in [-0.1, -0.05) is 121 Å². The van der Waals surface area contributed by atoms with Crippen LogP contribution in [0.5, 0.6) is 5.75 Å². The molecule has 0 N–H and O–H groups in total. The van der Waals surface area contributed by atoms with Crippen molar-refractivity contribution >= 4 is 0 Å². The van der Waals surface area contributed by atoms with Gasteiger partial charge in [-0.15, -0.1) is 0 Å². The van der Waals surface area contributed by atoms with Crippen molar-refractivity contribution in [3.05, 3.63) is 167 Å². The highest BCUT2D eigenvalue weighted by Gasteiger charge is 2.21. The number of aromatic nitrogens is 1. The van der Waals surface area contributed by atoms with Crippen LogP contribution in [-0.2, 0) is 38.8 Å². The average Bonchev–Trinajstić information content (AvgIpc) is 2.97. The predicted molar refractivity (Wildman–Crippen MR) is 151 cm³/mol. The Morgan fingerprint density at radius 3 is 1.30 bits per heavy atom. The van der Waals surface area contributed by atoms with Gasteiger partial charge in [-0.3, -0.25) is 0 Å². The standard InChI is InChI=1S/C35H34NO/c1-5-13-29(14-6-1)21-23-33-25-35(37-28-32-19-11-4-12-20-32)26-34(24-22-30-15-7-2-8-16-30)36(33)27-31-17-9-3-10-18-31/h1-20,25-26H,21-24,27-28H2/q+1. The molecule has 0 amide bonds. The number of hydrogen-bond donors (Lipinski definition) is 0. The first-order valence-corrected chi connectivity index (χ1v) is 13.2. The van der Waals surface area contributed by atoms with Crippen LogP contribution in [0.25, 0.3) is 0 Å². The Balaban J connectivity index is 1.48. The molecule has 1 heterocycles. The molecule has 5 aromatic rings. The Bertz CT molecular complexity index is 1300. The lowest BCUT2D eigenvalue weighted by atomic mass is 10.0. The number of benzene rings is 4. The Kier molecular flexibility index (Phi) is 8.41. The minimum Gasteiger partial charge on any atom is -0.488 e. The lowest BCUT2D eigenvalue weighted by molar-refractivity contribution is -0.703. The second-order valence-corrected chi connectivity index (χ2v) is 9.49. The van der Waals surface area contributed by atoms with Gasteiger partial charge in [0.1, 0.15) is 12.4 Å². The van der Waals surface area contributed by atoms with Crippen molar-refractivity contribution in [1.29, 1.82) is 0 Å². The number of nitrogens with zero attached hydrogens (tertiary/aromatic N) is 1. The van der Waals surface area contributed by atoms with Gasteiger partial charge in [-0.2, -0.15) is 4.57 Å². The van der Waals surface area contributed by atoms with Crippen LogP contribution in [0.15, 0.2) is 133 Å². The van der Waals surface area contributed by atoms with Gasteiger partial charge in [0.25, 0.3) is 0 Å². The van der Waals surface area contributed by atoms with Gasteiger partial charge in [0.05, 0.1) is 0 Å². The topological polar surface area (TPSA) is 13.1 Å². The summed E-state index contributed by atoms with van der Waals surface area (Å²) in [6, 6.07) is 47.2. The summed E-state index contributed by atoms with van der Waals surface area (Å²) in [6.07, 6.45) is 3.90. The third-order valence-electron chi connectivity index (χ3n) is 6.77. The maximum absolute atomic E-state index is 6.37. The van der Waals surface area contributed by atoms with Crippen molar-refractivity contribution in [3.63, 3.8) is 0 Å². The van der Waals surface area contributed by atoms with Crippen molar-refractivity contribution < 1.29 is 9.30 Å². The smallest absolute Gasteiger partial charge is 0.185 e. The summed E-state index contributed by atoms with van der Waals surface area (Å²) in [5.41, 5.74) is 7.82. The molecule has 0 fully saturated rings. The van der Waals surface area contributed by atoms with E-state index in [0.717, 1.165) is 38.0 Å². The molecule has 1 aromatic heterocycles. The number of aryl methyl sites for hydroxylation is 4. The number of ether oxygens (including phenoxy) is 1. The monoisotopic (exact) mass is 484 g/mol. The van der Waals surface area contributed by atoms with E-state index in [9.17, 15) is 0 Å². The maximum atomic E-state index is 6.37. The van der Waals surface area contributed by atoms with Gasteiger partial charge in [-0.05, 0) is 29.5 Å². The predicted octanol–water partition coefficient (Wildman–Crippen LogP) is 7.17. The highest BCUT2D eigenvalue weighted by Crippen LogP contribution is 2.19. The number of hydrogen-bond acceptors (Lipinski definition) is 1. The largest absolute Gasteiger partial charge is 0.488 e. The Hall–Kier alpha value is -4.17. The first-order chi connectivity index (χ1) is 18.3. The van der Waals surface area contributed by atoms with Gasteiger partial charge in [0, 0.05) is 30.5 Å². The van der Waals surface area contributed by atoms with E-state index < -0.39 is 0 Å². The van der Waals surface area contributed by atoms with Crippen LogP contribution in [0.1, 0.15) is 33.6 Å². The van der Waals surface area contributed by atoms with Gasteiger partial charge in [0.2, 0.25) is 0 Å². The molecular formula is C35H34NO+. The fraction of sp³-hybridized carbons (Fsp3) is 0.171. The molecule has 184 valence electrons. The highest BCUT2D eigenvalue weighted by molar-refractivity contribution is 5.27. The molecule has 37 heavy (non-hydrogen) atoms.